The third kappa shape index (κ3) is 3.92. The van der Waals surface area contributed by atoms with Gasteiger partial charge in [-0.25, -0.2) is 0 Å². The number of phenolic OH excluding ortho intramolecular Hbond substituents is 1. The van der Waals surface area contributed by atoms with Gasteiger partial charge in [0.1, 0.15) is 11.3 Å². The van der Waals surface area contributed by atoms with E-state index in [4.69, 9.17) is 0 Å². The number of amides is 1. The van der Waals surface area contributed by atoms with Crippen molar-refractivity contribution in [3.05, 3.63) is 33.9 Å². The summed E-state index contributed by atoms with van der Waals surface area (Å²) in [5.74, 6) is -0.865. The molecule has 1 aromatic rings. The topological polar surface area (TPSA) is 104 Å². The number of aromatic hydroxyl groups is 1. The minimum absolute atomic E-state index is 0.0125. The molecule has 0 aliphatic rings. The number of carbonyl (C=O) groups excluding carboxylic acids is 1. The molecule has 1 amide bonds. The summed E-state index contributed by atoms with van der Waals surface area (Å²) in [6.07, 6.45) is 0. The normalized spacial score (nSPS) is 11.2. The first-order valence-corrected chi connectivity index (χ1v) is 5.57. The van der Waals surface area contributed by atoms with Gasteiger partial charge in [0.15, 0.2) is 0 Å². The predicted octanol–water partition coefficient (Wildman–Crippen LogP) is 1.14. The number of hydrogen-bond donors (Lipinski definition) is 2. The van der Waals surface area contributed by atoms with Gasteiger partial charge in [-0.15, -0.1) is 0 Å². The molecule has 0 aliphatic heterocycles. The summed E-state index contributed by atoms with van der Waals surface area (Å²) in [5, 5.41) is 29.8. The molecular formula is C12H16N2O5. The van der Waals surface area contributed by atoms with Crippen LogP contribution in [0.4, 0.5) is 5.69 Å². The quantitative estimate of drug-likeness (QED) is 0.629. The van der Waals surface area contributed by atoms with Crippen molar-refractivity contribution in [3.8, 4) is 5.75 Å². The third-order valence-electron chi connectivity index (χ3n) is 2.38. The van der Waals surface area contributed by atoms with Gasteiger partial charge >= 0.3 is 0 Å². The van der Waals surface area contributed by atoms with Crippen molar-refractivity contribution in [1.82, 2.24) is 4.90 Å². The van der Waals surface area contributed by atoms with Crippen LogP contribution in [-0.4, -0.2) is 45.1 Å². The molecule has 0 aliphatic carbocycles. The van der Waals surface area contributed by atoms with Crippen LogP contribution in [0.3, 0.4) is 0 Å². The summed E-state index contributed by atoms with van der Waals surface area (Å²) in [7, 11) is 1.42. The van der Waals surface area contributed by atoms with Gasteiger partial charge in [-0.05, 0) is 26.0 Å². The lowest BCUT2D eigenvalue weighted by atomic mass is 10.1. The molecule has 104 valence electrons. The van der Waals surface area contributed by atoms with E-state index in [-0.39, 0.29) is 23.5 Å². The van der Waals surface area contributed by atoms with E-state index < -0.39 is 16.4 Å². The molecule has 1 rings (SSSR count). The van der Waals surface area contributed by atoms with Crippen LogP contribution in [0.25, 0.3) is 0 Å². The molecule has 0 fully saturated rings. The maximum atomic E-state index is 12.1. The first-order chi connectivity index (χ1) is 8.61. The van der Waals surface area contributed by atoms with Crippen LogP contribution in [0, 0.1) is 10.1 Å². The Hall–Kier alpha value is -2.15. The summed E-state index contributed by atoms with van der Waals surface area (Å²) in [4.78, 5) is 23.4. The molecule has 0 saturated carbocycles. The molecular weight excluding hydrogens is 252 g/mol. The highest BCUT2D eigenvalue weighted by molar-refractivity contribution is 5.98. The highest BCUT2D eigenvalue weighted by Crippen LogP contribution is 2.24. The summed E-state index contributed by atoms with van der Waals surface area (Å²) in [5.41, 5.74) is -1.71. The maximum Gasteiger partial charge on any atom is 0.282 e. The van der Waals surface area contributed by atoms with E-state index in [1.165, 1.54) is 25.8 Å². The van der Waals surface area contributed by atoms with Gasteiger partial charge in [0.25, 0.3) is 11.6 Å². The number of likely N-dealkylation sites (N-methyl/N-ethyl adjacent to an activating group) is 1. The monoisotopic (exact) mass is 268 g/mol. The molecule has 7 heteroatoms. The maximum absolute atomic E-state index is 12.1. The second-order valence-electron chi connectivity index (χ2n) is 4.93. The number of phenols is 1. The van der Waals surface area contributed by atoms with Crippen LogP contribution >= 0.6 is 0 Å². The summed E-state index contributed by atoms with van der Waals surface area (Å²) in [6, 6.07) is 3.26. The van der Waals surface area contributed by atoms with Gasteiger partial charge in [0, 0.05) is 19.7 Å². The van der Waals surface area contributed by atoms with E-state index in [1.54, 1.807) is 0 Å². The van der Waals surface area contributed by atoms with Crippen molar-refractivity contribution in [1.29, 1.82) is 0 Å². The smallest absolute Gasteiger partial charge is 0.282 e. The zero-order chi connectivity index (χ0) is 14.8. The van der Waals surface area contributed by atoms with Crippen molar-refractivity contribution >= 4 is 11.6 Å². The second-order valence-corrected chi connectivity index (χ2v) is 4.93. The molecule has 0 saturated heterocycles. The SMILES string of the molecule is CN(CC(C)(C)O)C(=O)c1cc(O)ccc1[N+](=O)[O-]. The zero-order valence-corrected chi connectivity index (χ0v) is 11.0. The van der Waals surface area contributed by atoms with Crippen molar-refractivity contribution in [2.75, 3.05) is 13.6 Å². The Kier molecular flexibility index (Phi) is 4.10. The molecule has 0 aromatic heterocycles. The number of nitrogens with zero attached hydrogens (tertiary/aromatic N) is 2. The minimum atomic E-state index is -1.12. The van der Waals surface area contributed by atoms with E-state index in [1.807, 2.05) is 0 Å². The standard InChI is InChI=1S/C12H16N2O5/c1-12(2,17)7-13(3)11(16)9-6-8(15)4-5-10(9)14(18)19/h4-6,15,17H,7H2,1-3H3. The average molecular weight is 268 g/mol. The van der Waals surface area contributed by atoms with Crippen molar-refractivity contribution in [3.63, 3.8) is 0 Å². The lowest BCUT2D eigenvalue weighted by molar-refractivity contribution is -0.385. The number of nitro groups is 1. The van der Waals surface area contributed by atoms with Gasteiger partial charge in [-0.3, -0.25) is 14.9 Å². The Labute approximate surface area is 110 Å². The van der Waals surface area contributed by atoms with Gasteiger partial charge < -0.3 is 15.1 Å². The molecule has 7 nitrogen and oxygen atoms in total. The van der Waals surface area contributed by atoms with E-state index >= 15 is 0 Å². The third-order valence-corrected chi connectivity index (χ3v) is 2.38. The summed E-state index contributed by atoms with van der Waals surface area (Å²) >= 11 is 0. The number of carbonyl (C=O) groups is 1. The fourth-order valence-corrected chi connectivity index (χ4v) is 1.71. The fraction of sp³-hybridized carbons (Fsp3) is 0.417. The number of aliphatic hydroxyl groups is 1. The Morgan fingerprint density at radius 1 is 1.47 bits per heavy atom. The second kappa shape index (κ2) is 5.23. The van der Waals surface area contributed by atoms with Gasteiger partial charge in [-0.1, -0.05) is 0 Å². The van der Waals surface area contributed by atoms with Crippen LogP contribution in [0.5, 0.6) is 5.75 Å². The Morgan fingerprint density at radius 2 is 2.05 bits per heavy atom. The lowest BCUT2D eigenvalue weighted by Gasteiger charge is -2.25. The predicted molar refractivity (Wildman–Crippen MR) is 68.0 cm³/mol. The van der Waals surface area contributed by atoms with E-state index in [2.05, 4.69) is 0 Å². The van der Waals surface area contributed by atoms with Crippen LogP contribution in [0.2, 0.25) is 0 Å². The summed E-state index contributed by atoms with van der Waals surface area (Å²) < 4.78 is 0. The van der Waals surface area contributed by atoms with Crippen LogP contribution in [-0.2, 0) is 0 Å². The highest BCUT2D eigenvalue weighted by Gasteiger charge is 2.26. The first-order valence-electron chi connectivity index (χ1n) is 5.57. The molecule has 0 radical (unpaired) electrons. The number of nitro benzene ring substituents is 1. The number of benzene rings is 1. The van der Waals surface area contributed by atoms with Gasteiger partial charge in [-0.2, -0.15) is 0 Å². The fourth-order valence-electron chi connectivity index (χ4n) is 1.71. The highest BCUT2D eigenvalue weighted by atomic mass is 16.6. The minimum Gasteiger partial charge on any atom is -0.508 e. The molecule has 0 atom stereocenters. The molecule has 19 heavy (non-hydrogen) atoms. The molecule has 0 unspecified atom stereocenters. The van der Waals surface area contributed by atoms with Gasteiger partial charge in [0.05, 0.1) is 10.5 Å². The van der Waals surface area contributed by atoms with E-state index in [9.17, 15) is 25.1 Å². The van der Waals surface area contributed by atoms with Gasteiger partial charge in [0.2, 0.25) is 0 Å². The van der Waals surface area contributed by atoms with Crippen LogP contribution in [0.1, 0.15) is 24.2 Å². The molecule has 2 N–H and O–H groups in total. The van der Waals surface area contributed by atoms with E-state index in [0.717, 1.165) is 18.2 Å². The van der Waals surface area contributed by atoms with Crippen molar-refractivity contribution in [2.24, 2.45) is 0 Å². The summed E-state index contributed by atoms with van der Waals surface area (Å²) in [6.45, 7) is 3.06. The largest absolute Gasteiger partial charge is 0.508 e. The first kappa shape index (κ1) is 14.9. The molecule has 1 aromatic carbocycles. The number of hydrogen-bond acceptors (Lipinski definition) is 5. The Morgan fingerprint density at radius 3 is 2.53 bits per heavy atom. The number of rotatable bonds is 4. The lowest BCUT2D eigenvalue weighted by Crippen LogP contribution is -2.39. The molecule has 0 spiro atoms. The molecule has 0 bridgehead atoms. The average Bonchev–Trinajstić information content (AvgIpc) is 2.25. The Balaban J connectivity index is 3.11. The van der Waals surface area contributed by atoms with E-state index in [0.29, 0.717) is 0 Å². The van der Waals surface area contributed by atoms with Crippen molar-refractivity contribution < 1.29 is 19.9 Å². The van der Waals surface area contributed by atoms with Crippen LogP contribution in [0.15, 0.2) is 18.2 Å². The zero-order valence-electron chi connectivity index (χ0n) is 11.0. The molecule has 0 heterocycles. The Bertz CT molecular complexity index is 507. The van der Waals surface area contributed by atoms with Crippen LogP contribution < -0.4 is 0 Å². The van der Waals surface area contributed by atoms with Crippen molar-refractivity contribution in [2.45, 2.75) is 19.4 Å².